The number of aromatic nitrogens is 4. The van der Waals surface area contributed by atoms with Crippen molar-refractivity contribution in [3.63, 3.8) is 0 Å². The Morgan fingerprint density at radius 3 is 0.375 bits per heavy atom. The maximum atomic E-state index is 7.17. The standard InChI is InChI=1S/C132H214N4O8/c1-9-17-25-33-41-49-57-65-73-81-89-137-125-97-109-110(98-126(125)138-90-82-74-66-58-50-42-34-26-18-10-2)118-106-120-113-101-129(141-93-85-77-69-61-53-45-37-29-21-13-5)130(142-94-86-78-70-62-54-46-38-30-22-14-6)102-114(113)122(135-120)108-124-116-104-132(144-96-88-80-72-64-56-48-40-32-24-16-8)131(143-95-87-79-71-63-55-47-39-31-23-15-7)103-115(116)123(136-124)107-121-112-100-128(140-92-84-76-68-60-52-44-36-28-20-12-4)127(99-111(112)119(134-121)105-117(109)133-118)139-91-83-75-67-59-51-43-35-27-19-11-3/h97-108,133,136H,9-96H2,1-8H3. The van der Waals surface area contributed by atoms with Crippen LogP contribution in [0.3, 0.4) is 0 Å². The van der Waals surface area contributed by atoms with Gasteiger partial charge in [-0.3, -0.25) is 0 Å². The van der Waals surface area contributed by atoms with Crippen LogP contribution in [0, 0.1) is 0 Å². The van der Waals surface area contributed by atoms with Gasteiger partial charge in [0, 0.05) is 65.9 Å². The average molecular weight is 1990 g/mol. The van der Waals surface area contributed by atoms with Gasteiger partial charge in [-0.05, 0) is 124 Å². The molecule has 12 nitrogen and oxygen atoms in total. The Morgan fingerprint density at radius 1 is 0.139 bits per heavy atom. The first kappa shape index (κ1) is 120. The van der Waals surface area contributed by atoms with Gasteiger partial charge >= 0.3 is 0 Å². The van der Waals surface area contributed by atoms with E-state index in [0.29, 0.717) is 52.9 Å². The molecular weight excluding hydrogens is 1770 g/mol. The lowest BCUT2D eigenvalue weighted by Crippen LogP contribution is -2.03. The van der Waals surface area contributed by atoms with Crippen LogP contribution in [0.1, 0.15) is 569 Å². The number of hydrogen-bond donors (Lipinski definition) is 2. The molecule has 144 heavy (non-hydrogen) atoms. The fraction of sp³-hybridized carbons (Fsp3) is 0.727. The fourth-order valence-electron chi connectivity index (χ4n) is 21.6. The van der Waals surface area contributed by atoms with Crippen LogP contribution in [0.5, 0.6) is 46.0 Å². The monoisotopic (exact) mass is 1980 g/mol. The van der Waals surface area contributed by atoms with Crippen LogP contribution in [0.25, 0.3) is 88.6 Å². The van der Waals surface area contributed by atoms with Crippen molar-refractivity contribution < 1.29 is 37.9 Å². The molecule has 3 aromatic heterocycles. The molecule has 8 bridgehead atoms. The summed E-state index contributed by atoms with van der Waals surface area (Å²) in [4.78, 5) is 20.2. The zero-order valence-corrected chi connectivity index (χ0v) is 94.3. The lowest BCUT2D eigenvalue weighted by atomic mass is 10.0. The van der Waals surface area contributed by atoms with Crippen LogP contribution in [-0.2, 0) is 0 Å². The zero-order valence-electron chi connectivity index (χ0n) is 94.3. The maximum Gasteiger partial charge on any atom is 0.161 e. The molecule has 0 saturated carbocycles. The number of nitrogens with zero attached hydrogens (tertiary/aromatic N) is 2. The van der Waals surface area contributed by atoms with Crippen molar-refractivity contribution in [2.75, 3.05) is 52.9 Å². The van der Waals surface area contributed by atoms with E-state index in [2.05, 4.69) is 138 Å². The number of benzene rings is 4. The number of rotatable bonds is 96. The van der Waals surface area contributed by atoms with E-state index in [9.17, 15) is 0 Å². The number of fused-ring (bicyclic) bond motifs is 20. The Kier molecular flexibility index (Phi) is 66.1. The van der Waals surface area contributed by atoms with E-state index in [4.69, 9.17) is 47.9 Å². The van der Waals surface area contributed by atoms with Crippen molar-refractivity contribution in [3.8, 4) is 91.0 Å². The Morgan fingerprint density at radius 2 is 0.250 bits per heavy atom. The lowest BCUT2D eigenvalue weighted by Gasteiger charge is -2.15. The molecule has 0 fully saturated rings. The first-order chi connectivity index (χ1) is 71.3. The minimum Gasteiger partial charge on any atom is -0.490 e. The second-order valence-electron chi connectivity index (χ2n) is 43.9. The quantitative estimate of drug-likeness (QED) is 0.0355. The van der Waals surface area contributed by atoms with Gasteiger partial charge in [0.05, 0.1) is 75.6 Å². The lowest BCUT2D eigenvalue weighted by molar-refractivity contribution is 0.258. The highest BCUT2D eigenvalue weighted by Crippen LogP contribution is 2.49. The molecule has 12 heteroatoms. The van der Waals surface area contributed by atoms with E-state index in [1.807, 2.05) is 0 Å². The summed E-state index contributed by atoms with van der Waals surface area (Å²) in [6.07, 6.45) is 101. The molecule has 0 unspecified atom stereocenters. The van der Waals surface area contributed by atoms with Crippen molar-refractivity contribution in [2.24, 2.45) is 0 Å². The molecule has 0 saturated heterocycles. The van der Waals surface area contributed by atoms with E-state index in [1.165, 1.54) is 411 Å². The van der Waals surface area contributed by atoms with Crippen molar-refractivity contribution >= 4 is 43.6 Å². The highest BCUT2D eigenvalue weighted by Gasteiger charge is 2.27. The van der Waals surface area contributed by atoms with Crippen LogP contribution in [-0.4, -0.2) is 72.8 Å². The number of ether oxygens (including phenoxy) is 8. The predicted molar refractivity (Wildman–Crippen MR) is 624 cm³/mol. The van der Waals surface area contributed by atoms with Gasteiger partial charge in [-0.15, -0.1) is 0 Å². The SMILES string of the molecule is CCCCCCCCCCCCOc1cc2c(cc1OCCCCCCCCCCCC)-c1cc3[nH]c(cc4nc(cc5[nH]c(cc-2n1)c1cc(OCCCCCCCCCCCC)c(OCCCCCCCCCCCC)cc51)-c1cc(OCCCCCCCCCCCC)c(OCCCCCCCCCCCC)cc1-4)c1cc(OCCCCCCCCCCCC)c(OCCCCCCCCCCCC)cc31. The first-order valence-electron chi connectivity index (χ1n) is 62.4. The van der Waals surface area contributed by atoms with E-state index in [1.54, 1.807) is 0 Å². The Labute approximate surface area is 881 Å². The predicted octanol–water partition coefficient (Wildman–Crippen LogP) is 43.7. The van der Waals surface area contributed by atoms with Gasteiger partial charge in [0.2, 0.25) is 0 Å². The number of hydrogen-bond acceptors (Lipinski definition) is 10. The molecule has 0 radical (unpaired) electrons. The molecule has 9 rings (SSSR count). The molecule has 0 aliphatic carbocycles. The summed E-state index contributed by atoms with van der Waals surface area (Å²) in [6, 6.07) is 27.5. The molecule has 810 valence electrons. The van der Waals surface area contributed by atoms with Crippen LogP contribution >= 0.6 is 0 Å². The van der Waals surface area contributed by atoms with E-state index in [-0.39, 0.29) is 0 Å². The zero-order chi connectivity index (χ0) is 101. The molecule has 2 aliphatic rings. The average Bonchev–Trinajstić information content (AvgIpc) is 1.59. The van der Waals surface area contributed by atoms with Gasteiger partial charge in [0.15, 0.2) is 46.0 Å². The number of H-pyrrole nitrogens is 2. The van der Waals surface area contributed by atoms with Crippen molar-refractivity contribution in [1.29, 1.82) is 0 Å². The second-order valence-corrected chi connectivity index (χ2v) is 43.9. The van der Waals surface area contributed by atoms with E-state index < -0.39 is 0 Å². The van der Waals surface area contributed by atoms with Crippen molar-refractivity contribution in [1.82, 2.24) is 19.9 Å². The third-order valence-corrected chi connectivity index (χ3v) is 30.8. The van der Waals surface area contributed by atoms with Gasteiger partial charge in [-0.1, -0.05) is 518 Å². The molecular formula is C132H214N4O8. The molecule has 2 N–H and O–H groups in total. The van der Waals surface area contributed by atoms with Crippen LogP contribution < -0.4 is 37.9 Å². The largest absolute Gasteiger partial charge is 0.490 e. The molecule has 7 aromatic rings. The van der Waals surface area contributed by atoms with Gasteiger partial charge in [-0.25, -0.2) is 9.97 Å². The normalized spacial score (nSPS) is 11.8. The molecule has 4 aromatic carbocycles. The molecule has 0 spiro atoms. The van der Waals surface area contributed by atoms with Gasteiger partial charge in [0.1, 0.15) is 0 Å². The van der Waals surface area contributed by atoms with Crippen molar-refractivity contribution in [2.45, 2.75) is 569 Å². The summed E-state index contributed by atoms with van der Waals surface area (Å²) in [6.45, 7) is 23.4. The van der Waals surface area contributed by atoms with E-state index in [0.717, 1.165) is 237 Å². The maximum absolute atomic E-state index is 7.17. The Bertz CT molecular complexity index is 4030. The summed E-state index contributed by atoms with van der Waals surface area (Å²) in [5.41, 5.74) is 11.1. The Balaban J connectivity index is 1.25. The molecule has 0 atom stereocenters. The van der Waals surface area contributed by atoms with Crippen molar-refractivity contribution in [3.05, 3.63) is 72.8 Å². The summed E-state index contributed by atoms with van der Waals surface area (Å²) in [7, 11) is 0. The molecule has 5 heterocycles. The second kappa shape index (κ2) is 79.0. The molecule has 0 amide bonds. The molecule has 2 aliphatic heterocycles. The highest BCUT2D eigenvalue weighted by molar-refractivity contribution is 6.12. The smallest absolute Gasteiger partial charge is 0.161 e. The first-order valence-corrected chi connectivity index (χ1v) is 62.4. The summed E-state index contributed by atoms with van der Waals surface area (Å²) in [5, 5.41) is 4.14. The fourth-order valence-corrected chi connectivity index (χ4v) is 21.6. The Hall–Kier alpha value is -7.08. The topological polar surface area (TPSA) is 131 Å². The number of nitrogens with one attached hydrogen (secondary N) is 2. The third-order valence-electron chi connectivity index (χ3n) is 30.8. The van der Waals surface area contributed by atoms with E-state index >= 15 is 0 Å². The third kappa shape index (κ3) is 47.8. The van der Waals surface area contributed by atoms with Crippen LogP contribution in [0.4, 0.5) is 0 Å². The van der Waals surface area contributed by atoms with Gasteiger partial charge in [-0.2, -0.15) is 0 Å². The van der Waals surface area contributed by atoms with Crippen LogP contribution in [0.2, 0.25) is 0 Å². The minimum absolute atomic E-state index is 0.615. The highest BCUT2D eigenvalue weighted by atomic mass is 16.5. The minimum atomic E-state index is 0.615. The number of unbranched alkanes of at least 4 members (excludes halogenated alkanes) is 72. The van der Waals surface area contributed by atoms with Gasteiger partial charge < -0.3 is 47.9 Å². The summed E-state index contributed by atoms with van der Waals surface area (Å²) in [5.74, 6) is 6.27. The number of aromatic amines is 2. The summed E-state index contributed by atoms with van der Waals surface area (Å²) < 4.78 is 57.3. The van der Waals surface area contributed by atoms with Gasteiger partial charge in [0.25, 0.3) is 0 Å². The summed E-state index contributed by atoms with van der Waals surface area (Å²) >= 11 is 0. The van der Waals surface area contributed by atoms with Crippen LogP contribution in [0.15, 0.2) is 72.8 Å².